The summed E-state index contributed by atoms with van der Waals surface area (Å²) in [5, 5.41) is 9.92. The summed E-state index contributed by atoms with van der Waals surface area (Å²) in [6.45, 7) is 6.51. The first kappa shape index (κ1) is 17.5. The van der Waals surface area contributed by atoms with Gasteiger partial charge in [0.15, 0.2) is 0 Å². The Morgan fingerprint density at radius 2 is 1.67 bits per heavy atom. The van der Waals surface area contributed by atoms with Gasteiger partial charge < -0.3 is 10.0 Å². The summed E-state index contributed by atoms with van der Waals surface area (Å²) in [5.41, 5.74) is 0.285. The summed E-state index contributed by atoms with van der Waals surface area (Å²) in [6.07, 6.45) is 6.71. The fraction of sp³-hybridized carbons (Fsp3) is 0.667. The SMILES string of the molecule is CC(C)C1CCC(N2CCC(C(=O)O)(c3ccccc3)CC2)CC1. The average Bonchev–Trinajstić information content (AvgIpc) is 2.62. The van der Waals surface area contributed by atoms with Crippen LogP contribution >= 0.6 is 0 Å². The van der Waals surface area contributed by atoms with Crippen LogP contribution in [0.5, 0.6) is 0 Å². The van der Waals surface area contributed by atoms with E-state index in [4.69, 9.17) is 0 Å². The van der Waals surface area contributed by atoms with Gasteiger partial charge in [0, 0.05) is 6.04 Å². The van der Waals surface area contributed by atoms with E-state index in [0.717, 1.165) is 43.3 Å². The second-order valence-electron chi connectivity index (χ2n) is 8.10. The molecular formula is C21H31NO2. The van der Waals surface area contributed by atoms with Gasteiger partial charge in [0.2, 0.25) is 0 Å². The number of hydrogen-bond acceptors (Lipinski definition) is 2. The van der Waals surface area contributed by atoms with Crippen LogP contribution in [0.4, 0.5) is 0 Å². The van der Waals surface area contributed by atoms with E-state index in [1.807, 2.05) is 30.3 Å². The number of likely N-dealkylation sites (tertiary alicyclic amines) is 1. The summed E-state index contributed by atoms with van der Waals surface area (Å²) < 4.78 is 0. The van der Waals surface area contributed by atoms with Crippen LogP contribution < -0.4 is 0 Å². The van der Waals surface area contributed by atoms with Crippen molar-refractivity contribution < 1.29 is 9.90 Å². The molecule has 1 saturated heterocycles. The molecule has 3 rings (SSSR count). The molecule has 1 aliphatic carbocycles. The number of rotatable bonds is 4. The van der Waals surface area contributed by atoms with E-state index in [-0.39, 0.29) is 0 Å². The normalized spacial score (nSPS) is 28.0. The summed E-state index contributed by atoms with van der Waals surface area (Å²) in [6, 6.07) is 10.5. The smallest absolute Gasteiger partial charge is 0.314 e. The molecule has 0 bridgehead atoms. The molecule has 1 N–H and O–H groups in total. The standard InChI is InChI=1S/C21H31NO2/c1-16(2)17-8-10-19(11-9-17)22-14-12-21(13-15-22,20(23)24)18-6-4-3-5-7-18/h3-7,16-17,19H,8-15H2,1-2H3,(H,23,24). The lowest BCUT2D eigenvalue weighted by Gasteiger charge is -2.44. The Hall–Kier alpha value is -1.35. The Bertz CT molecular complexity index is 538. The summed E-state index contributed by atoms with van der Waals surface area (Å²) in [5.74, 6) is 1.02. The van der Waals surface area contributed by atoms with E-state index in [9.17, 15) is 9.90 Å². The van der Waals surface area contributed by atoms with Crippen molar-refractivity contribution >= 4 is 5.97 Å². The van der Waals surface area contributed by atoms with Crippen LogP contribution in [0, 0.1) is 11.8 Å². The van der Waals surface area contributed by atoms with E-state index in [2.05, 4.69) is 18.7 Å². The highest BCUT2D eigenvalue weighted by Gasteiger charge is 2.44. The number of benzene rings is 1. The Morgan fingerprint density at radius 1 is 1.08 bits per heavy atom. The molecule has 3 nitrogen and oxygen atoms in total. The number of piperidine rings is 1. The Morgan fingerprint density at radius 3 is 2.17 bits per heavy atom. The maximum atomic E-state index is 12.1. The first-order valence-electron chi connectivity index (χ1n) is 9.56. The third-order valence-electron chi connectivity index (χ3n) is 6.59. The quantitative estimate of drug-likeness (QED) is 0.894. The molecule has 24 heavy (non-hydrogen) atoms. The van der Waals surface area contributed by atoms with Crippen molar-refractivity contribution in [2.75, 3.05) is 13.1 Å². The Kier molecular flexibility index (Phi) is 5.29. The van der Waals surface area contributed by atoms with Crippen molar-refractivity contribution in [1.82, 2.24) is 4.90 Å². The first-order chi connectivity index (χ1) is 11.5. The van der Waals surface area contributed by atoms with Crippen molar-refractivity contribution in [3.63, 3.8) is 0 Å². The molecular weight excluding hydrogens is 298 g/mol. The largest absolute Gasteiger partial charge is 0.481 e. The first-order valence-corrected chi connectivity index (χ1v) is 9.56. The molecule has 0 spiro atoms. The van der Waals surface area contributed by atoms with Crippen molar-refractivity contribution in [3.8, 4) is 0 Å². The summed E-state index contributed by atoms with van der Waals surface area (Å²) in [4.78, 5) is 14.6. The second-order valence-corrected chi connectivity index (χ2v) is 8.10. The second kappa shape index (κ2) is 7.26. The highest BCUT2D eigenvalue weighted by atomic mass is 16.4. The van der Waals surface area contributed by atoms with Crippen LogP contribution in [-0.2, 0) is 10.2 Å². The predicted molar refractivity (Wildman–Crippen MR) is 97.1 cm³/mol. The Balaban J connectivity index is 1.63. The number of aliphatic carboxylic acids is 1. The third kappa shape index (κ3) is 3.37. The van der Waals surface area contributed by atoms with E-state index in [0.29, 0.717) is 6.04 Å². The number of carboxylic acid groups (broad SMARTS) is 1. The van der Waals surface area contributed by atoms with Gasteiger partial charge in [-0.25, -0.2) is 0 Å². The highest BCUT2D eigenvalue weighted by molar-refractivity contribution is 5.81. The van der Waals surface area contributed by atoms with E-state index >= 15 is 0 Å². The minimum Gasteiger partial charge on any atom is -0.481 e. The lowest BCUT2D eigenvalue weighted by molar-refractivity contribution is -0.146. The van der Waals surface area contributed by atoms with E-state index in [1.54, 1.807) is 0 Å². The van der Waals surface area contributed by atoms with Crippen molar-refractivity contribution in [2.45, 2.75) is 63.8 Å². The van der Waals surface area contributed by atoms with Gasteiger partial charge in [0.05, 0.1) is 5.41 Å². The van der Waals surface area contributed by atoms with Gasteiger partial charge >= 0.3 is 5.97 Å². The fourth-order valence-electron chi connectivity index (χ4n) is 4.79. The van der Waals surface area contributed by atoms with Crippen molar-refractivity contribution in [1.29, 1.82) is 0 Å². The number of nitrogens with zero attached hydrogens (tertiary/aromatic N) is 1. The maximum absolute atomic E-state index is 12.1. The number of carboxylic acids is 1. The van der Waals surface area contributed by atoms with Gasteiger partial charge in [0.25, 0.3) is 0 Å². The van der Waals surface area contributed by atoms with E-state index in [1.165, 1.54) is 25.7 Å². The zero-order chi connectivity index (χ0) is 17.2. The molecule has 1 saturated carbocycles. The fourth-order valence-corrected chi connectivity index (χ4v) is 4.79. The third-order valence-corrected chi connectivity index (χ3v) is 6.59. The van der Waals surface area contributed by atoms with Gasteiger partial charge in [-0.3, -0.25) is 4.79 Å². The molecule has 1 heterocycles. The molecule has 0 aromatic heterocycles. The molecule has 2 aliphatic rings. The van der Waals surface area contributed by atoms with Crippen LogP contribution in [0.25, 0.3) is 0 Å². The van der Waals surface area contributed by atoms with Gasteiger partial charge in [-0.15, -0.1) is 0 Å². The molecule has 0 radical (unpaired) electrons. The van der Waals surface area contributed by atoms with Crippen LogP contribution in [0.15, 0.2) is 30.3 Å². The lowest BCUT2D eigenvalue weighted by atomic mass is 9.72. The molecule has 132 valence electrons. The number of carbonyl (C=O) groups is 1. The highest BCUT2D eigenvalue weighted by Crippen LogP contribution is 2.39. The molecule has 0 atom stereocenters. The molecule has 1 aliphatic heterocycles. The van der Waals surface area contributed by atoms with E-state index < -0.39 is 11.4 Å². The van der Waals surface area contributed by atoms with Crippen molar-refractivity contribution in [2.24, 2.45) is 11.8 Å². The van der Waals surface area contributed by atoms with Gasteiger partial charge in [-0.05, 0) is 69.0 Å². The molecule has 1 aromatic carbocycles. The van der Waals surface area contributed by atoms with Gasteiger partial charge in [-0.1, -0.05) is 44.2 Å². The predicted octanol–water partition coefficient (Wildman–Crippen LogP) is 4.32. The van der Waals surface area contributed by atoms with Gasteiger partial charge in [-0.2, -0.15) is 0 Å². The molecule has 2 fully saturated rings. The maximum Gasteiger partial charge on any atom is 0.314 e. The van der Waals surface area contributed by atoms with Crippen LogP contribution in [-0.4, -0.2) is 35.1 Å². The van der Waals surface area contributed by atoms with Crippen LogP contribution in [0.2, 0.25) is 0 Å². The van der Waals surface area contributed by atoms with Crippen LogP contribution in [0.1, 0.15) is 57.9 Å². The minimum absolute atomic E-state index is 0.656. The molecule has 3 heteroatoms. The Labute approximate surface area is 146 Å². The lowest BCUT2D eigenvalue weighted by Crippen LogP contribution is -2.51. The van der Waals surface area contributed by atoms with Crippen molar-refractivity contribution in [3.05, 3.63) is 35.9 Å². The molecule has 0 amide bonds. The van der Waals surface area contributed by atoms with Gasteiger partial charge in [0.1, 0.15) is 0 Å². The molecule has 1 aromatic rings. The average molecular weight is 329 g/mol. The zero-order valence-electron chi connectivity index (χ0n) is 15.1. The summed E-state index contributed by atoms with van der Waals surface area (Å²) >= 11 is 0. The topological polar surface area (TPSA) is 40.5 Å². The zero-order valence-corrected chi connectivity index (χ0v) is 15.1. The number of hydrogen-bond donors (Lipinski definition) is 1. The van der Waals surface area contributed by atoms with Crippen LogP contribution in [0.3, 0.4) is 0 Å². The monoisotopic (exact) mass is 329 g/mol. The summed E-state index contributed by atoms with van der Waals surface area (Å²) in [7, 11) is 0. The molecule has 0 unspecified atom stereocenters. The minimum atomic E-state index is -0.688.